The summed E-state index contributed by atoms with van der Waals surface area (Å²) in [6.45, 7) is 7.05. The van der Waals surface area contributed by atoms with Crippen LogP contribution in [-0.4, -0.2) is 41.6 Å². The van der Waals surface area contributed by atoms with Gasteiger partial charge < -0.3 is 5.11 Å². The summed E-state index contributed by atoms with van der Waals surface area (Å²) in [5.74, 6) is -1.63. The SMILES string of the molecule is C[C@@H]1CN(S(=O)(=O)C(C)(C)C)C[C@H]1C(=O)O. The van der Waals surface area contributed by atoms with Crippen molar-refractivity contribution in [3.8, 4) is 0 Å². The lowest BCUT2D eigenvalue weighted by molar-refractivity contribution is -0.142. The molecule has 0 saturated carbocycles. The second kappa shape index (κ2) is 4.00. The molecule has 16 heavy (non-hydrogen) atoms. The van der Waals surface area contributed by atoms with E-state index in [4.69, 9.17) is 5.11 Å². The van der Waals surface area contributed by atoms with Gasteiger partial charge in [0, 0.05) is 13.1 Å². The molecule has 0 bridgehead atoms. The third-order valence-electron chi connectivity index (χ3n) is 3.01. The molecule has 0 amide bonds. The Morgan fingerprint density at radius 3 is 2.12 bits per heavy atom. The normalized spacial score (nSPS) is 28.2. The second-order valence-electron chi connectivity index (χ2n) is 5.36. The van der Waals surface area contributed by atoms with Crippen LogP contribution >= 0.6 is 0 Å². The predicted molar refractivity (Wildman–Crippen MR) is 60.5 cm³/mol. The molecular weight excluding hydrogens is 230 g/mol. The van der Waals surface area contributed by atoms with Crippen molar-refractivity contribution >= 4 is 16.0 Å². The van der Waals surface area contributed by atoms with Crippen molar-refractivity contribution < 1.29 is 18.3 Å². The highest BCUT2D eigenvalue weighted by molar-refractivity contribution is 7.90. The lowest BCUT2D eigenvalue weighted by Crippen LogP contribution is -2.42. The van der Waals surface area contributed by atoms with Gasteiger partial charge in [-0.15, -0.1) is 0 Å². The topological polar surface area (TPSA) is 74.7 Å². The van der Waals surface area contributed by atoms with E-state index >= 15 is 0 Å². The summed E-state index contributed by atoms with van der Waals surface area (Å²) >= 11 is 0. The first-order chi connectivity index (χ1) is 7.07. The van der Waals surface area contributed by atoms with Gasteiger partial charge in [-0.3, -0.25) is 4.79 Å². The van der Waals surface area contributed by atoms with Gasteiger partial charge in [0.2, 0.25) is 10.0 Å². The second-order valence-corrected chi connectivity index (χ2v) is 8.05. The van der Waals surface area contributed by atoms with E-state index in [2.05, 4.69) is 0 Å². The zero-order chi connectivity index (χ0) is 12.7. The van der Waals surface area contributed by atoms with Gasteiger partial charge in [-0.1, -0.05) is 6.92 Å². The van der Waals surface area contributed by atoms with Crippen LogP contribution in [0.5, 0.6) is 0 Å². The lowest BCUT2D eigenvalue weighted by atomic mass is 9.99. The maximum absolute atomic E-state index is 12.1. The fraction of sp³-hybridized carbons (Fsp3) is 0.900. The van der Waals surface area contributed by atoms with Crippen LogP contribution in [0.3, 0.4) is 0 Å². The van der Waals surface area contributed by atoms with Gasteiger partial charge in [0.25, 0.3) is 0 Å². The predicted octanol–water partition coefficient (Wildman–Crippen LogP) is 0.767. The maximum Gasteiger partial charge on any atom is 0.308 e. The Kier molecular flexibility index (Phi) is 3.36. The van der Waals surface area contributed by atoms with Crippen molar-refractivity contribution in [3.63, 3.8) is 0 Å². The van der Waals surface area contributed by atoms with Crippen molar-refractivity contribution in [3.05, 3.63) is 0 Å². The molecule has 0 radical (unpaired) electrons. The minimum Gasteiger partial charge on any atom is -0.481 e. The first-order valence-electron chi connectivity index (χ1n) is 5.30. The summed E-state index contributed by atoms with van der Waals surface area (Å²) in [4.78, 5) is 10.9. The molecular formula is C10H19NO4S. The Bertz CT molecular complexity index is 382. The van der Waals surface area contributed by atoms with Gasteiger partial charge in [-0.05, 0) is 26.7 Å². The summed E-state index contributed by atoms with van der Waals surface area (Å²) < 4.78 is 24.6. The standard InChI is InChI=1S/C10H19NO4S/c1-7-5-11(6-8(7)9(12)13)16(14,15)10(2,3)4/h7-8H,5-6H2,1-4H3,(H,12,13)/t7-,8-/m1/s1. The van der Waals surface area contributed by atoms with Gasteiger partial charge in [0.15, 0.2) is 0 Å². The Labute approximate surface area is 96.5 Å². The summed E-state index contributed by atoms with van der Waals surface area (Å²) in [6, 6.07) is 0. The monoisotopic (exact) mass is 249 g/mol. The number of carboxylic acid groups (broad SMARTS) is 1. The number of carbonyl (C=O) groups is 1. The third-order valence-corrected chi connectivity index (χ3v) is 5.54. The fourth-order valence-electron chi connectivity index (χ4n) is 1.83. The van der Waals surface area contributed by atoms with Crippen molar-refractivity contribution in [1.29, 1.82) is 0 Å². The average Bonchev–Trinajstić information content (AvgIpc) is 2.45. The molecule has 1 saturated heterocycles. The van der Waals surface area contributed by atoms with E-state index in [0.29, 0.717) is 6.54 Å². The summed E-state index contributed by atoms with van der Waals surface area (Å²) in [6.07, 6.45) is 0. The van der Waals surface area contributed by atoms with Crippen LogP contribution in [0.2, 0.25) is 0 Å². The summed E-state index contributed by atoms with van der Waals surface area (Å²) in [5.41, 5.74) is 0. The molecule has 1 heterocycles. The molecule has 0 unspecified atom stereocenters. The van der Waals surface area contributed by atoms with Crippen LogP contribution in [0.25, 0.3) is 0 Å². The maximum atomic E-state index is 12.1. The van der Waals surface area contributed by atoms with Gasteiger partial charge >= 0.3 is 5.97 Å². The fourth-order valence-corrected chi connectivity index (χ4v) is 3.39. The molecule has 0 spiro atoms. The number of hydrogen-bond donors (Lipinski definition) is 1. The van der Waals surface area contributed by atoms with E-state index in [1.165, 1.54) is 4.31 Å². The minimum atomic E-state index is -3.41. The number of sulfonamides is 1. The van der Waals surface area contributed by atoms with Crippen molar-refractivity contribution in [2.45, 2.75) is 32.4 Å². The smallest absolute Gasteiger partial charge is 0.308 e. The van der Waals surface area contributed by atoms with Crippen LogP contribution in [0.1, 0.15) is 27.7 Å². The lowest BCUT2D eigenvalue weighted by Gasteiger charge is -2.26. The van der Waals surface area contributed by atoms with Crippen LogP contribution in [-0.2, 0) is 14.8 Å². The number of aliphatic carboxylic acids is 1. The van der Waals surface area contributed by atoms with E-state index in [1.54, 1.807) is 27.7 Å². The van der Waals surface area contributed by atoms with E-state index < -0.39 is 26.7 Å². The number of hydrogen-bond acceptors (Lipinski definition) is 3. The Hall–Kier alpha value is -0.620. The van der Waals surface area contributed by atoms with Gasteiger partial charge in [0.05, 0.1) is 10.7 Å². The molecule has 1 fully saturated rings. The van der Waals surface area contributed by atoms with Crippen LogP contribution in [0, 0.1) is 11.8 Å². The molecule has 1 N–H and O–H groups in total. The van der Waals surface area contributed by atoms with E-state index in [1.807, 2.05) is 0 Å². The summed E-state index contributed by atoms with van der Waals surface area (Å²) in [7, 11) is -3.41. The van der Waals surface area contributed by atoms with E-state index in [-0.39, 0.29) is 12.5 Å². The number of rotatable bonds is 2. The Morgan fingerprint density at radius 2 is 1.81 bits per heavy atom. The zero-order valence-corrected chi connectivity index (χ0v) is 10.9. The molecule has 0 aromatic rings. The molecule has 0 aromatic heterocycles. The third kappa shape index (κ3) is 2.22. The molecule has 0 aromatic carbocycles. The van der Waals surface area contributed by atoms with Crippen LogP contribution in [0.4, 0.5) is 0 Å². The number of nitrogens with zero attached hydrogens (tertiary/aromatic N) is 1. The van der Waals surface area contributed by atoms with E-state index in [0.717, 1.165) is 0 Å². The highest BCUT2D eigenvalue weighted by Gasteiger charge is 2.44. The van der Waals surface area contributed by atoms with Gasteiger partial charge in [-0.2, -0.15) is 0 Å². The molecule has 0 aliphatic carbocycles. The average molecular weight is 249 g/mol. The summed E-state index contributed by atoms with van der Waals surface area (Å²) in [5, 5.41) is 8.95. The highest BCUT2D eigenvalue weighted by Crippen LogP contribution is 2.30. The quantitative estimate of drug-likeness (QED) is 0.784. The molecule has 6 heteroatoms. The first-order valence-corrected chi connectivity index (χ1v) is 6.74. The van der Waals surface area contributed by atoms with Crippen LogP contribution in [0.15, 0.2) is 0 Å². The largest absolute Gasteiger partial charge is 0.481 e. The van der Waals surface area contributed by atoms with E-state index in [9.17, 15) is 13.2 Å². The minimum absolute atomic E-state index is 0.0934. The van der Waals surface area contributed by atoms with Crippen molar-refractivity contribution in [1.82, 2.24) is 4.31 Å². The molecule has 1 rings (SSSR count). The van der Waals surface area contributed by atoms with Crippen molar-refractivity contribution in [2.75, 3.05) is 13.1 Å². The Balaban J connectivity index is 2.92. The zero-order valence-electron chi connectivity index (χ0n) is 10.1. The molecule has 94 valence electrons. The Morgan fingerprint density at radius 1 is 1.31 bits per heavy atom. The first kappa shape index (κ1) is 13.4. The van der Waals surface area contributed by atoms with Gasteiger partial charge in [0.1, 0.15) is 0 Å². The molecule has 1 aliphatic rings. The van der Waals surface area contributed by atoms with Crippen molar-refractivity contribution in [2.24, 2.45) is 11.8 Å². The van der Waals surface area contributed by atoms with Gasteiger partial charge in [-0.25, -0.2) is 12.7 Å². The molecule has 2 atom stereocenters. The number of carboxylic acids is 1. The molecule has 5 nitrogen and oxygen atoms in total. The highest BCUT2D eigenvalue weighted by atomic mass is 32.2. The van der Waals surface area contributed by atoms with Crippen LogP contribution < -0.4 is 0 Å². The molecule has 1 aliphatic heterocycles.